The number of hydrogen-bond acceptors (Lipinski definition) is 2. The van der Waals surface area contributed by atoms with Crippen molar-refractivity contribution in [1.29, 1.82) is 0 Å². The first kappa shape index (κ1) is 15.6. The van der Waals surface area contributed by atoms with Crippen molar-refractivity contribution < 1.29 is 4.79 Å². The van der Waals surface area contributed by atoms with Gasteiger partial charge in [-0.05, 0) is 66.0 Å². The largest absolute Gasteiger partial charge is 0.376 e. The molecule has 3 nitrogen and oxygen atoms in total. The molecule has 2 N–H and O–H groups in total. The Balaban J connectivity index is 1.96. The van der Waals surface area contributed by atoms with Crippen molar-refractivity contribution in [3.05, 3.63) is 57.6 Å². The Labute approximate surface area is 133 Å². The molecule has 0 bridgehead atoms. The topological polar surface area (TPSA) is 41.1 Å². The summed E-state index contributed by atoms with van der Waals surface area (Å²) in [5.41, 5.74) is 5.27. The Hall–Kier alpha value is -1.81. The zero-order valence-electron chi connectivity index (χ0n) is 12.5. The molecule has 2 rings (SSSR count). The van der Waals surface area contributed by atoms with E-state index in [0.29, 0.717) is 0 Å². The zero-order valence-corrected chi connectivity index (χ0v) is 14.0. The van der Waals surface area contributed by atoms with E-state index in [1.807, 2.05) is 44.2 Å². The highest BCUT2D eigenvalue weighted by Crippen LogP contribution is 2.23. The van der Waals surface area contributed by atoms with Crippen molar-refractivity contribution in [3.63, 3.8) is 0 Å². The number of carbonyl (C=O) groups is 1. The Morgan fingerprint density at radius 2 is 1.62 bits per heavy atom. The number of nitrogens with one attached hydrogen (secondary N) is 2. The fourth-order valence-electron chi connectivity index (χ4n) is 2.10. The summed E-state index contributed by atoms with van der Waals surface area (Å²) in [6.45, 7) is 6.34. The average Bonchev–Trinajstić information content (AvgIpc) is 2.41. The summed E-state index contributed by atoms with van der Waals surface area (Å²) < 4.78 is 0.891. The molecule has 2 aromatic carbocycles. The van der Waals surface area contributed by atoms with Crippen molar-refractivity contribution in [2.24, 2.45) is 0 Å². The highest BCUT2D eigenvalue weighted by Gasteiger charge is 2.06. The van der Waals surface area contributed by atoms with Crippen LogP contribution in [-0.4, -0.2) is 12.5 Å². The molecule has 0 aliphatic heterocycles. The van der Waals surface area contributed by atoms with E-state index in [1.165, 1.54) is 5.56 Å². The Kier molecular flexibility index (Phi) is 5.02. The van der Waals surface area contributed by atoms with Gasteiger partial charge in [-0.15, -0.1) is 0 Å². The predicted octanol–water partition coefficient (Wildman–Crippen LogP) is 4.42. The molecule has 0 saturated heterocycles. The summed E-state index contributed by atoms with van der Waals surface area (Å²) in [4.78, 5) is 12.0. The number of halogens is 1. The predicted molar refractivity (Wildman–Crippen MR) is 91.9 cm³/mol. The van der Waals surface area contributed by atoms with Crippen molar-refractivity contribution in [3.8, 4) is 0 Å². The van der Waals surface area contributed by atoms with Gasteiger partial charge in [0.05, 0.1) is 12.2 Å². The third kappa shape index (κ3) is 4.33. The number of aryl methyl sites for hydroxylation is 3. The summed E-state index contributed by atoms with van der Waals surface area (Å²) in [5.74, 6) is -0.0699. The van der Waals surface area contributed by atoms with E-state index in [1.54, 1.807) is 0 Å². The lowest BCUT2D eigenvalue weighted by molar-refractivity contribution is -0.114. The number of amides is 1. The first-order chi connectivity index (χ1) is 9.95. The van der Waals surface area contributed by atoms with E-state index in [-0.39, 0.29) is 12.5 Å². The molecule has 0 atom stereocenters. The standard InChI is InChI=1S/C17H19BrN2O/c1-11-4-6-15(13(3)8-11)19-10-17(21)20-16-7-5-12(2)9-14(16)18/h4-9,19H,10H2,1-3H3,(H,20,21). The molecule has 0 heterocycles. The highest BCUT2D eigenvalue weighted by molar-refractivity contribution is 9.10. The van der Waals surface area contributed by atoms with Crippen molar-refractivity contribution >= 4 is 33.2 Å². The molecule has 2 aromatic rings. The van der Waals surface area contributed by atoms with Crippen LogP contribution in [0.4, 0.5) is 11.4 Å². The van der Waals surface area contributed by atoms with Gasteiger partial charge in [0, 0.05) is 10.2 Å². The summed E-state index contributed by atoms with van der Waals surface area (Å²) in [7, 11) is 0. The second-order valence-corrected chi connectivity index (χ2v) is 6.06. The van der Waals surface area contributed by atoms with Crippen molar-refractivity contribution in [1.82, 2.24) is 0 Å². The van der Waals surface area contributed by atoms with Crippen LogP contribution in [0, 0.1) is 20.8 Å². The summed E-state index contributed by atoms with van der Waals surface area (Å²) in [5, 5.41) is 6.05. The Morgan fingerprint density at radius 1 is 1.00 bits per heavy atom. The number of carbonyl (C=O) groups excluding carboxylic acids is 1. The second kappa shape index (κ2) is 6.76. The molecule has 4 heteroatoms. The van der Waals surface area contributed by atoms with Gasteiger partial charge in [0.1, 0.15) is 0 Å². The number of benzene rings is 2. The van der Waals surface area contributed by atoms with Gasteiger partial charge in [-0.2, -0.15) is 0 Å². The number of hydrogen-bond donors (Lipinski definition) is 2. The minimum Gasteiger partial charge on any atom is -0.376 e. The fraction of sp³-hybridized carbons (Fsp3) is 0.235. The van der Waals surface area contributed by atoms with Crippen LogP contribution < -0.4 is 10.6 Å². The fourth-order valence-corrected chi connectivity index (χ4v) is 2.70. The summed E-state index contributed by atoms with van der Waals surface area (Å²) in [6, 6.07) is 12.0. The highest BCUT2D eigenvalue weighted by atomic mass is 79.9. The molecule has 21 heavy (non-hydrogen) atoms. The molecule has 0 aliphatic carbocycles. The van der Waals surface area contributed by atoms with Gasteiger partial charge in [0.15, 0.2) is 0 Å². The van der Waals surface area contributed by atoms with E-state index in [2.05, 4.69) is 39.6 Å². The van der Waals surface area contributed by atoms with Crippen molar-refractivity contribution in [2.75, 3.05) is 17.2 Å². The van der Waals surface area contributed by atoms with E-state index in [4.69, 9.17) is 0 Å². The molecular formula is C17H19BrN2O. The molecule has 0 spiro atoms. The van der Waals surface area contributed by atoms with Gasteiger partial charge in [0.25, 0.3) is 0 Å². The van der Waals surface area contributed by atoms with E-state index >= 15 is 0 Å². The minimum absolute atomic E-state index is 0.0699. The molecule has 0 fully saturated rings. The van der Waals surface area contributed by atoms with Crippen LogP contribution in [0.2, 0.25) is 0 Å². The van der Waals surface area contributed by atoms with Gasteiger partial charge in [0.2, 0.25) is 5.91 Å². The van der Waals surface area contributed by atoms with Crippen LogP contribution in [0.25, 0.3) is 0 Å². The van der Waals surface area contributed by atoms with Crippen LogP contribution >= 0.6 is 15.9 Å². The lowest BCUT2D eigenvalue weighted by Crippen LogP contribution is -2.22. The maximum absolute atomic E-state index is 12.0. The van der Waals surface area contributed by atoms with E-state index in [9.17, 15) is 4.79 Å². The maximum atomic E-state index is 12.0. The van der Waals surface area contributed by atoms with Gasteiger partial charge in [-0.1, -0.05) is 23.8 Å². The first-order valence-corrected chi connectivity index (χ1v) is 7.62. The van der Waals surface area contributed by atoms with Crippen LogP contribution in [0.5, 0.6) is 0 Å². The molecule has 110 valence electrons. The molecule has 0 aliphatic rings. The van der Waals surface area contributed by atoms with E-state index < -0.39 is 0 Å². The minimum atomic E-state index is -0.0699. The maximum Gasteiger partial charge on any atom is 0.243 e. The number of rotatable bonds is 4. The third-order valence-electron chi connectivity index (χ3n) is 3.22. The SMILES string of the molecule is Cc1ccc(NCC(=O)Nc2ccc(C)cc2Br)c(C)c1. The molecule has 0 radical (unpaired) electrons. The van der Waals surface area contributed by atoms with Crippen LogP contribution in [0.1, 0.15) is 16.7 Å². The molecule has 1 amide bonds. The van der Waals surface area contributed by atoms with Gasteiger partial charge in [-0.3, -0.25) is 4.79 Å². The normalized spacial score (nSPS) is 10.3. The Bertz CT molecular complexity index is 668. The molecule has 0 aromatic heterocycles. The van der Waals surface area contributed by atoms with Crippen LogP contribution in [-0.2, 0) is 4.79 Å². The Morgan fingerprint density at radius 3 is 2.24 bits per heavy atom. The summed E-state index contributed by atoms with van der Waals surface area (Å²) in [6.07, 6.45) is 0. The number of anilines is 2. The summed E-state index contributed by atoms with van der Waals surface area (Å²) >= 11 is 3.46. The molecule has 0 unspecified atom stereocenters. The third-order valence-corrected chi connectivity index (χ3v) is 3.88. The van der Waals surface area contributed by atoms with E-state index in [0.717, 1.165) is 27.0 Å². The smallest absolute Gasteiger partial charge is 0.243 e. The molecular weight excluding hydrogens is 328 g/mol. The lowest BCUT2D eigenvalue weighted by Gasteiger charge is -2.11. The van der Waals surface area contributed by atoms with Crippen LogP contribution in [0.3, 0.4) is 0 Å². The first-order valence-electron chi connectivity index (χ1n) is 6.83. The van der Waals surface area contributed by atoms with Crippen LogP contribution in [0.15, 0.2) is 40.9 Å². The van der Waals surface area contributed by atoms with Gasteiger partial charge < -0.3 is 10.6 Å². The second-order valence-electron chi connectivity index (χ2n) is 5.20. The zero-order chi connectivity index (χ0) is 15.4. The molecule has 0 saturated carbocycles. The van der Waals surface area contributed by atoms with Crippen molar-refractivity contribution in [2.45, 2.75) is 20.8 Å². The average molecular weight is 347 g/mol. The van der Waals surface area contributed by atoms with Gasteiger partial charge in [-0.25, -0.2) is 0 Å². The quantitative estimate of drug-likeness (QED) is 0.859. The monoisotopic (exact) mass is 346 g/mol. The van der Waals surface area contributed by atoms with Gasteiger partial charge >= 0.3 is 0 Å². The lowest BCUT2D eigenvalue weighted by atomic mass is 10.1.